The van der Waals surface area contributed by atoms with Crippen molar-refractivity contribution in [1.29, 1.82) is 0 Å². The van der Waals surface area contributed by atoms with Crippen LogP contribution in [0, 0.1) is 0 Å². The molecule has 4 N–H and O–H groups in total. The maximum Gasteiger partial charge on any atom is 0.261 e. The molecule has 1 amide bonds. The first kappa shape index (κ1) is 19.8. The highest BCUT2D eigenvalue weighted by molar-refractivity contribution is 6.12. The van der Waals surface area contributed by atoms with E-state index in [9.17, 15) is 4.79 Å². The molecule has 2 aromatic heterocycles. The molecular formula is C25H23N5O2. The summed E-state index contributed by atoms with van der Waals surface area (Å²) >= 11 is 0. The fourth-order valence-electron chi connectivity index (χ4n) is 3.86. The molecule has 7 heteroatoms. The van der Waals surface area contributed by atoms with E-state index in [0.717, 1.165) is 39.9 Å². The summed E-state index contributed by atoms with van der Waals surface area (Å²) in [6, 6.07) is 17.3. The number of benzene rings is 3. The van der Waals surface area contributed by atoms with Gasteiger partial charge in [-0.3, -0.25) is 10.1 Å². The van der Waals surface area contributed by atoms with Crippen molar-refractivity contribution in [1.82, 2.24) is 15.0 Å². The summed E-state index contributed by atoms with van der Waals surface area (Å²) in [7, 11) is 0. The van der Waals surface area contributed by atoms with Crippen molar-refractivity contribution in [3.05, 3.63) is 66.4 Å². The van der Waals surface area contributed by atoms with Gasteiger partial charge in [0.2, 0.25) is 5.95 Å². The van der Waals surface area contributed by atoms with Crippen molar-refractivity contribution in [3.8, 4) is 5.75 Å². The van der Waals surface area contributed by atoms with E-state index in [0.29, 0.717) is 29.3 Å². The van der Waals surface area contributed by atoms with Crippen LogP contribution < -0.4 is 15.8 Å². The van der Waals surface area contributed by atoms with Gasteiger partial charge in [-0.05, 0) is 47.5 Å². The summed E-state index contributed by atoms with van der Waals surface area (Å²) in [5.74, 6) is 0.664. The number of H-pyrrole nitrogens is 1. The van der Waals surface area contributed by atoms with E-state index in [1.54, 1.807) is 0 Å². The smallest absolute Gasteiger partial charge is 0.261 e. The third kappa shape index (κ3) is 3.58. The average Bonchev–Trinajstić information content (AvgIpc) is 3.27. The number of hydrogen-bond donors (Lipinski definition) is 3. The van der Waals surface area contributed by atoms with Gasteiger partial charge in [0, 0.05) is 17.1 Å². The number of carbonyl (C=O) groups excluding carboxylic acids is 1. The number of aromatic nitrogens is 3. The summed E-state index contributed by atoms with van der Waals surface area (Å²) in [5, 5.41) is 6.47. The minimum atomic E-state index is -0.344. The summed E-state index contributed by atoms with van der Waals surface area (Å²) in [6.07, 6.45) is 3.76. The predicted octanol–water partition coefficient (Wildman–Crippen LogP) is 5.28. The third-order valence-corrected chi connectivity index (χ3v) is 5.49. The monoisotopic (exact) mass is 425 g/mol. The molecule has 5 aromatic rings. The number of hydrogen-bond acceptors (Lipinski definition) is 5. The summed E-state index contributed by atoms with van der Waals surface area (Å²) in [5.41, 5.74) is 8.29. The number of unbranched alkanes of at least 4 members (excludes halogenated alkanes) is 1. The van der Waals surface area contributed by atoms with Gasteiger partial charge in [0.15, 0.2) is 0 Å². The van der Waals surface area contributed by atoms with Crippen LogP contribution in [0.25, 0.3) is 32.6 Å². The number of nitrogen functional groups attached to an aromatic ring is 1. The topological polar surface area (TPSA) is 106 Å². The molecule has 0 saturated carbocycles. The number of nitrogens with two attached hydrogens (primary N) is 1. The molecule has 0 unspecified atom stereocenters. The van der Waals surface area contributed by atoms with Crippen molar-refractivity contribution < 1.29 is 9.53 Å². The zero-order valence-corrected chi connectivity index (χ0v) is 17.7. The zero-order valence-electron chi connectivity index (χ0n) is 17.7. The number of fused-ring (bicyclic) bond motifs is 4. The van der Waals surface area contributed by atoms with Crippen molar-refractivity contribution in [2.45, 2.75) is 19.8 Å². The zero-order chi connectivity index (χ0) is 22.1. The standard InChI is InChI=1S/C25H23N5O2/c1-2-3-12-32-21-14-16-7-5-4-6-15(16)13-18(21)24(31)30-25-28-20-9-8-19-17(10-11-27-19)22(20)23(26)29-25/h4-11,13-14,27H,2-3,12H2,1H3,(H3,26,28,29,30,31). The van der Waals surface area contributed by atoms with Crippen LogP contribution in [0.1, 0.15) is 30.1 Å². The molecule has 7 nitrogen and oxygen atoms in total. The largest absolute Gasteiger partial charge is 0.493 e. The summed E-state index contributed by atoms with van der Waals surface area (Å²) in [4.78, 5) is 25.2. The third-order valence-electron chi connectivity index (χ3n) is 5.49. The van der Waals surface area contributed by atoms with Gasteiger partial charge in [-0.15, -0.1) is 0 Å². The lowest BCUT2D eigenvalue weighted by molar-refractivity contribution is 0.102. The minimum absolute atomic E-state index is 0.155. The van der Waals surface area contributed by atoms with Crippen LogP contribution in [-0.2, 0) is 0 Å². The fraction of sp³-hybridized carbons (Fsp3) is 0.160. The van der Waals surface area contributed by atoms with Gasteiger partial charge in [-0.1, -0.05) is 37.6 Å². The van der Waals surface area contributed by atoms with Crippen molar-refractivity contribution in [2.75, 3.05) is 17.7 Å². The second-order valence-corrected chi connectivity index (χ2v) is 7.68. The Morgan fingerprint density at radius 3 is 2.72 bits per heavy atom. The van der Waals surface area contributed by atoms with E-state index >= 15 is 0 Å². The lowest BCUT2D eigenvalue weighted by Crippen LogP contribution is -2.16. The van der Waals surface area contributed by atoms with Crippen LogP contribution in [0.3, 0.4) is 0 Å². The quantitative estimate of drug-likeness (QED) is 0.321. The molecule has 0 aliphatic heterocycles. The van der Waals surface area contributed by atoms with Gasteiger partial charge in [0.25, 0.3) is 5.91 Å². The summed E-state index contributed by atoms with van der Waals surface area (Å²) < 4.78 is 5.95. The normalized spacial score (nSPS) is 11.3. The molecule has 160 valence electrons. The van der Waals surface area contributed by atoms with E-state index < -0.39 is 0 Å². The van der Waals surface area contributed by atoms with Crippen LogP contribution in [0.15, 0.2) is 60.8 Å². The number of amides is 1. The van der Waals surface area contributed by atoms with Crippen LogP contribution >= 0.6 is 0 Å². The molecule has 32 heavy (non-hydrogen) atoms. The van der Waals surface area contributed by atoms with Crippen LogP contribution in [-0.4, -0.2) is 27.5 Å². The molecule has 2 heterocycles. The van der Waals surface area contributed by atoms with E-state index in [4.69, 9.17) is 10.5 Å². The maximum atomic E-state index is 13.2. The number of carbonyl (C=O) groups is 1. The average molecular weight is 425 g/mol. The van der Waals surface area contributed by atoms with Crippen LogP contribution in [0.2, 0.25) is 0 Å². The predicted molar refractivity (Wildman–Crippen MR) is 128 cm³/mol. The molecule has 0 bridgehead atoms. The molecule has 0 aliphatic carbocycles. The molecule has 0 fully saturated rings. The van der Waals surface area contributed by atoms with Gasteiger partial charge in [0.05, 0.1) is 23.1 Å². The number of nitrogens with one attached hydrogen (secondary N) is 2. The lowest BCUT2D eigenvalue weighted by atomic mass is 10.1. The Balaban J connectivity index is 1.51. The SMILES string of the molecule is CCCCOc1cc2ccccc2cc1C(=O)Nc1nc(N)c2c(ccc3[nH]ccc32)n1. The number of ether oxygens (including phenoxy) is 1. The van der Waals surface area contributed by atoms with E-state index in [2.05, 4.69) is 27.2 Å². The Kier molecular flexibility index (Phi) is 5.07. The van der Waals surface area contributed by atoms with Gasteiger partial charge >= 0.3 is 0 Å². The Bertz CT molecular complexity index is 1460. The minimum Gasteiger partial charge on any atom is -0.493 e. The lowest BCUT2D eigenvalue weighted by Gasteiger charge is -2.13. The number of nitrogens with zero attached hydrogens (tertiary/aromatic N) is 2. The Morgan fingerprint density at radius 2 is 1.91 bits per heavy atom. The van der Waals surface area contributed by atoms with Crippen LogP contribution in [0.5, 0.6) is 5.75 Å². The van der Waals surface area contributed by atoms with Gasteiger partial charge in [0.1, 0.15) is 11.6 Å². The summed E-state index contributed by atoms with van der Waals surface area (Å²) in [6.45, 7) is 2.64. The Morgan fingerprint density at radius 1 is 1.09 bits per heavy atom. The molecular weight excluding hydrogens is 402 g/mol. The Hall–Kier alpha value is -4.13. The van der Waals surface area contributed by atoms with E-state index in [1.165, 1.54) is 0 Å². The van der Waals surface area contributed by atoms with Crippen molar-refractivity contribution in [2.24, 2.45) is 0 Å². The first-order chi connectivity index (χ1) is 15.6. The highest BCUT2D eigenvalue weighted by Crippen LogP contribution is 2.30. The molecule has 3 aromatic carbocycles. The number of aromatic amines is 1. The highest BCUT2D eigenvalue weighted by Gasteiger charge is 2.17. The second-order valence-electron chi connectivity index (χ2n) is 7.68. The maximum absolute atomic E-state index is 13.2. The van der Waals surface area contributed by atoms with Crippen molar-refractivity contribution >= 4 is 50.3 Å². The van der Waals surface area contributed by atoms with E-state index in [1.807, 2.05) is 60.8 Å². The van der Waals surface area contributed by atoms with Gasteiger partial charge < -0.3 is 15.5 Å². The molecule has 0 spiro atoms. The molecule has 0 aliphatic rings. The molecule has 5 rings (SSSR count). The molecule has 0 saturated heterocycles. The first-order valence-corrected chi connectivity index (χ1v) is 10.6. The fourth-order valence-corrected chi connectivity index (χ4v) is 3.86. The highest BCUT2D eigenvalue weighted by atomic mass is 16.5. The first-order valence-electron chi connectivity index (χ1n) is 10.6. The molecule has 0 atom stereocenters. The second kappa shape index (κ2) is 8.19. The van der Waals surface area contributed by atoms with Gasteiger partial charge in [-0.25, -0.2) is 4.98 Å². The Labute approximate surface area is 184 Å². The van der Waals surface area contributed by atoms with Gasteiger partial charge in [-0.2, -0.15) is 4.98 Å². The number of anilines is 2. The number of rotatable bonds is 6. The van der Waals surface area contributed by atoms with E-state index in [-0.39, 0.29) is 11.9 Å². The van der Waals surface area contributed by atoms with Crippen LogP contribution in [0.4, 0.5) is 11.8 Å². The molecule has 0 radical (unpaired) electrons. The van der Waals surface area contributed by atoms with Crippen molar-refractivity contribution in [3.63, 3.8) is 0 Å².